The van der Waals surface area contributed by atoms with Gasteiger partial charge in [0.25, 0.3) is 5.69 Å². The molecule has 2 aromatic rings. The minimum absolute atomic E-state index is 0.0464. The molecule has 110 valence electrons. The maximum Gasteiger partial charge on any atom is 0.288 e. The first kappa shape index (κ1) is 15.6. The molecule has 2 rings (SSSR count). The molecule has 4 nitrogen and oxygen atoms in total. The molecule has 6 heteroatoms. The molecule has 0 saturated heterocycles. The number of nitro benzene ring substituents is 1. The number of aryl methyl sites for hydroxylation is 1. The Kier molecular flexibility index (Phi) is 4.70. The predicted molar refractivity (Wildman–Crippen MR) is 86.3 cm³/mol. The Bertz CT molecular complexity index is 689. The molecule has 21 heavy (non-hydrogen) atoms. The number of hydrogen-bond acceptors (Lipinski definition) is 3. The molecule has 0 aliphatic rings. The van der Waals surface area contributed by atoms with Crippen molar-refractivity contribution in [3.05, 3.63) is 67.7 Å². The molecule has 0 radical (unpaired) electrons. The van der Waals surface area contributed by atoms with Gasteiger partial charge in [0, 0.05) is 22.8 Å². The van der Waals surface area contributed by atoms with Gasteiger partial charge in [0.05, 0.1) is 4.92 Å². The number of hydrogen-bond donors (Lipinski definition) is 1. The normalized spacial score (nSPS) is 12.0. The van der Waals surface area contributed by atoms with Crippen molar-refractivity contribution in [3.8, 4) is 0 Å². The summed E-state index contributed by atoms with van der Waals surface area (Å²) in [6.07, 6.45) is 0. The fraction of sp³-hybridized carbons (Fsp3) is 0.200. The van der Waals surface area contributed by atoms with Crippen molar-refractivity contribution in [2.75, 3.05) is 5.32 Å². The molecule has 0 spiro atoms. The summed E-state index contributed by atoms with van der Waals surface area (Å²) in [5, 5.41) is 14.9. The van der Waals surface area contributed by atoms with Crippen LogP contribution in [0.5, 0.6) is 0 Å². The summed E-state index contributed by atoms with van der Waals surface area (Å²) >= 11 is 12.1. The predicted octanol–water partition coefficient (Wildman–Crippen LogP) is 5.38. The summed E-state index contributed by atoms with van der Waals surface area (Å²) in [4.78, 5) is 10.4. The highest BCUT2D eigenvalue weighted by Gasteiger charge is 2.17. The van der Waals surface area contributed by atoms with Crippen molar-refractivity contribution in [2.24, 2.45) is 0 Å². The third-order valence-electron chi connectivity index (χ3n) is 3.23. The van der Waals surface area contributed by atoms with Crippen LogP contribution < -0.4 is 5.32 Å². The molecule has 1 unspecified atom stereocenters. The minimum atomic E-state index is -0.489. The van der Waals surface area contributed by atoms with Crippen LogP contribution in [0.4, 0.5) is 11.4 Å². The summed E-state index contributed by atoms with van der Waals surface area (Å²) in [5.74, 6) is 0. The monoisotopic (exact) mass is 324 g/mol. The average Bonchev–Trinajstić information content (AvgIpc) is 2.42. The zero-order valence-electron chi connectivity index (χ0n) is 11.6. The summed E-state index contributed by atoms with van der Waals surface area (Å²) in [5.41, 5.74) is 2.36. The second-order valence-electron chi connectivity index (χ2n) is 4.76. The molecule has 0 fully saturated rings. The Labute approximate surface area is 132 Å². The van der Waals surface area contributed by atoms with Gasteiger partial charge >= 0.3 is 0 Å². The molecule has 0 aliphatic heterocycles. The van der Waals surface area contributed by atoms with E-state index in [0.29, 0.717) is 5.02 Å². The number of nitrogens with one attached hydrogen (secondary N) is 1. The van der Waals surface area contributed by atoms with E-state index in [1.165, 1.54) is 6.07 Å². The Balaban J connectivity index is 2.30. The maximum atomic E-state index is 10.9. The van der Waals surface area contributed by atoms with Crippen molar-refractivity contribution < 1.29 is 4.92 Å². The Hall–Kier alpha value is -1.78. The maximum absolute atomic E-state index is 10.9. The zero-order valence-corrected chi connectivity index (χ0v) is 13.1. The lowest BCUT2D eigenvalue weighted by Crippen LogP contribution is -2.08. The van der Waals surface area contributed by atoms with Crippen molar-refractivity contribution in [1.82, 2.24) is 0 Å². The lowest BCUT2D eigenvalue weighted by molar-refractivity contribution is -0.384. The Morgan fingerprint density at radius 3 is 2.48 bits per heavy atom. The van der Waals surface area contributed by atoms with E-state index in [0.717, 1.165) is 16.8 Å². The van der Waals surface area contributed by atoms with E-state index in [2.05, 4.69) is 5.32 Å². The van der Waals surface area contributed by atoms with Gasteiger partial charge in [-0.2, -0.15) is 0 Å². The molecule has 0 aliphatic carbocycles. The van der Waals surface area contributed by atoms with Crippen molar-refractivity contribution in [3.63, 3.8) is 0 Å². The van der Waals surface area contributed by atoms with Gasteiger partial charge in [-0.3, -0.25) is 10.1 Å². The standard InChI is InChI=1S/C15H14Cl2N2O2/c1-9-7-15(19(20)21)13(17)8-14(9)18-10(2)11-5-3-4-6-12(11)16/h3-8,10,18H,1-2H3. The number of rotatable bonds is 4. The zero-order chi connectivity index (χ0) is 15.6. The lowest BCUT2D eigenvalue weighted by atomic mass is 10.1. The molecule has 2 aromatic carbocycles. The van der Waals surface area contributed by atoms with Gasteiger partial charge in [-0.25, -0.2) is 0 Å². The molecule has 1 atom stereocenters. The molecule has 0 bridgehead atoms. The third kappa shape index (κ3) is 3.46. The van der Waals surface area contributed by atoms with E-state index >= 15 is 0 Å². The smallest absolute Gasteiger partial charge is 0.288 e. The highest BCUT2D eigenvalue weighted by Crippen LogP contribution is 2.33. The van der Waals surface area contributed by atoms with Crippen molar-refractivity contribution >= 4 is 34.6 Å². The summed E-state index contributed by atoms with van der Waals surface area (Å²) in [7, 11) is 0. The summed E-state index contributed by atoms with van der Waals surface area (Å²) < 4.78 is 0. The van der Waals surface area contributed by atoms with Crippen LogP contribution in [0.25, 0.3) is 0 Å². The summed E-state index contributed by atoms with van der Waals surface area (Å²) in [6.45, 7) is 3.76. The van der Waals surface area contributed by atoms with Crippen LogP contribution in [0, 0.1) is 17.0 Å². The van der Waals surface area contributed by atoms with Crippen LogP contribution >= 0.6 is 23.2 Å². The Morgan fingerprint density at radius 1 is 1.19 bits per heavy atom. The highest BCUT2D eigenvalue weighted by atomic mass is 35.5. The largest absolute Gasteiger partial charge is 0.378 e. The van der Waals surface area contributed by atoms with Gasteiger partial charge in [0.15, 0.2) is 0 Å². The van der Waals surface area contributed by atoms with Crippen LogP contribution in [0.15, 0.2) is 36.4 Å². The van der Waals surface area contributed by atoms with Gasteiger partial charge in [0.1, 0.15) is 5.02 Å². The topological polar surface area (TPSA) is 55.2 Å². The highest BCUT2D eigenvalue weighted by molar-refractivity contribution is 6.33. The van der Waals surface area contributed by atoms with Crippen molar-refractivity contribution in [2.45, 2.75) is 19.9 Å². The lowest BCUT2D eigenvalue weighted by Gasteiger charge is -2.18. The third-order valence-corrected chi connectivity index (χ3v) is 3.88. The van der Waals surface area contributed by atoms with Crippen LogP contribution in [0.3, 0.4) is 0 Å². The Morgan fingerprint density at radius 2 is 1.86 bits per heavy atom. The number of nitro groups is 1. The van der Waals surface area contributed by atoms with Gasteiger partial charge in [-0.1, -0.05) is 41.4 Å². The van der Waals surface area contributed by atoms with E-state index in [9.17, 15) is 10.1 Å². The van der Waals surface area contributed by atoms with E-state index in [1.807, 2.05) is 31.2 Å². The summed E-state index contributed by atoms with van der Waals surface area (Å²) in [6, 6.07) is 10.5. The van der Waals surface area contributed by atoms with Crippen LogP contribution in [-0.2, 0) is 0 Å². The second kappa shape index (κ2) is 6.33. The van der Waals surface area contributed by atoms with Crippen LogP contribution in [-0.4, -0.2) is 4.92 Å². The first-order valence-electron chi connectivity index (χ1n) is 6.35. The average molecular weight is 325 g/mol. The molecular formula is C15H14Cl2N2O2. The molecule has 0 saturated carbocycles. The number of nitrogens with zero attached hydrogens (tertiary/aromatic N) is 1. The van der Waals surface area contributed by atoms with E-state index in [4.69, 9.17) is 23.2 Å². The van der Waals surface area contributed by atoms with E-state index in [1.54, 1.807) is 13.0 Å². The van der Waals surface area contributed by atoms with Crippen LogP contribution in [0.1, 0.15) is 24.1 Å². The van der Waals surface area contributed by atoms with E-state index < -0.39 is 4.92 Å². The second-order valence-corrected chi connectivity index (χ2v) is 5.58. The van der Waals surface area contributed by atoms with Gasteiger partial charge in [0.2, 0.25) is 0 Å². The fourth-order valence-corrected chi connectivity index (χ4v) is 2.63. The van der Waals surface area contributed by atoms with Crippen molar-refractivity contribution in [1.29, 1.82) is 0 Å². The molecule has 1 N–H and O–H groups in total. The van der Waals surface area contributed by atoms with Gasteiger partial charge < -0.3 is 5.32 Å². The molecule has 0 aromatic heterocycles. The number of benzene rings is 2. The first-order chi connectivity index (χ1) is 9.90. The SMILES string of the molecule is Cc1cc([N+](=O)[O-])c(Cl)cc1NC(C)c1ccccc1Cl. The minimum Gasteiger partial charge on any atom is -0.378 e. The van der Waals surface area contributed by atoms with Crippen LogP contribution in [0.2, 0.25) is 10.0 Å². The van der Waals surface area contributed by atoms with Gasteiger partial charge in [-0.15, -0.1) is 0 Å². The molecule has 0 amide bonds. The molecule has 0 heterocycles. The van der Waals surface area contributed by atoms with E-state index in [-0.39, 0.29) is 16.8 Å². The first-order valence-corrected chi connectivity index (χ1v) is 7.11. The quantitative estimate of drug-likeness (QED) is 0.606. The number of anilines is 1. The number of halogens is 2. The van der Waals surface area contributed by atoms with Gasteiger partial charge in [-0.05, 0) is 37.1 Å². The molecular weight excluding hydrogens is 311 g/mol. The fourth-order valence-electron chi connectivity index (χ4n) is 2.10.